The molecule has 0 saturated carbocycles. The van der Waals surface area contributed by atoms with Crippen LogP contribution in [0.4, 0.5) is 17.6 Å². The summed E-state index contributed by atoms with van der Waals surface area (Å²) in [4.78, 5) is 37.0. The monoisotopic (exact) mass is 638 g/mol. The van der Waals surface area contributed by atoms with Gasteiger partial charge in [0, 0.05) is 12.5 Å². The molecule has 1 unspecified atom stereocenters. The van der Waals surface area contributed by atoms with Crippen LogP contribution in [0.15, 0.2) is 42.5 Å². The Bertz CT molecular complexity index is 1180. The van der Waals surface area contributed by atoms with Gasteiger partial charge in [0.05, 0.1) is 11.1 Å². The Labute approximate surface area is 263 Å². The molecule has 2 aromatic rings. The predicted molar refractivity (Wildman–Crippen MR) is 164 cm³/mol. The van der Waals surface area contributed by atoms with E-state index < -0.39 is 42.0 Å². The fourth-order valence-electron chi connectivity index (χ4n) is 4.73. The SMILES string of the molecule is CCCCCCCCCCC(=O)Oc1ccc(C(=O)Oc2ccc(C(=O)OC(CCCCCCCC)C(F)(F)F)c(F)c2)cc1. The molecule has 0 aliphatic rings. The van der Waals surface area contributed by atoms with E-state index in [0.717, 1.165) is 69.6 Å². The lowest BCUT2D eigenvalue weighted by molar-refractivity contribution is -0.206. The summed E-state index contributed by atoms with van der Waals surface area (Å²) in [6.45, 7) is 4.21. The van der Waals surface area contributed by atoms with Crippen LogP contribution in [0.2, 0.25) is 0 Å². The summed E-state index contributed by atoms with van der Waals surface area (Å²) in [6.07, 6.45) is 6.16. The number of carbonyl (C=O) groups is 3. The second-order valence-corrected chi connectivity index (χ2v) is 11.2. The largest absolute Gasteiger partial charge is 0.449 e. The number of halogens is 4. The number of benzene rings is 2. The molecule has 45 heavy (non-hydrogen) atoms. The smallest absolute Gasteiger partial charge is 0.425 e. The van der Waals surface area contributed by atoms with Crippen LogP contribution in [-0.4, -0.2) is 30.2 Å². The van der Waals surface area contributed by atoms with Crippen LogP contribution in [-0.2, 0) is 9.53 Å². The molecule has 0 amide bonds. The standard InChI is InChI=1S/C35H46F4O6/c1-3-5-7-9-11-12-14-16-18-32(40)43-27-21-19-26(20-22-27)33(41)44-28-23-24-29(30(36)25-28)34(42)45-31(35(37,38)39)17-15-13-10-8-6-4-2/h19-25,31H,3-18H2,1-2H3. The topological polar surface area (TPSA) is 78.9 Å². The van der Waals surface area contributed by atoms with Gasteiger partial charge in [-0.05, 0) is 55.7 Å². The van der Waals surface area contributed by atoms with E-state index in [0.29, 0.717) is 12.8 Å². The molecule has 0 aliphatic heterocycles. The maximum atomic E-state index is 14.7. The van der Waals surface area contributed by atoms with Crippen molar-refractivity contribution in [1.82, 2.24) is 0 Å². The van der Waals surface area contributed by atoms with Gasteiger partial charge in [-0.15, -0.1) is 0 Å². The van der Waals surface area contributed by atoms with Crippen molar-refractivity contribution in [3.8, 4) is 11.5 Å². The second kappa shape index (κ2) is 20.6. The van der Waals surface area contributed by atoms with Crippen molar-refractivity contribution in [3.05, 3.63) is 59.4 Å². The molecule has 2 aromatic carbocycles. The molecule has 1 atom stereocenters. The van der Waals surface area contributed by atoms with Gasteiger partial charge in [-0.1, -0.05) is 90.9 Å². The Kier molecular flexibility index (Phi) is 17.3. The van der Waals surface area contributed by atoms with Crippen molar-refractivity contribution >= 4 is 17.9 Å². The van der Waals surface area contributed by atoms with Crippen LogP contribution >= 0.6 is 0 Å². The van der Waals surface area contributed by atoms with Gasteiger partial charge in [-0.2, -0.15) is 13.2 Å². The molecule has 0 saturated heterocycles. The number of alkyl halides is 3. The number of esters is 3. The maximum Gasteiger partial charge on any atom is 0.425 e. The van der Waals surface area contributed by atoms with E-state index in [9.17, 15) is 31.9 Å². The molecule has 6 nitrogen and oxygen atoms in total. The molecule has 0 heterocycles. The van der Waals surface area contributed by atoms with Crippen molar-refractivity contribution in [2.45, 2.75) is 129 Å². The third-order valence-electron chi connectivity index (χ3n) is 7.36. The summed E-state index contributed by atoms with van der Waals surface area (Å²) in [7, 11) is 0. The zero-order valence-corrected chi connectivity index (χ0v) is 26.4. The first-order valence-corrected chi connectivity index (χ1v) is 16.1. The third-order valence-corrected chi connectivity index (χ3v) is 7.36. The Morgan fingerprint density at radius 1 is 0.667 bits per heavy atom. The Balaban J connectivity index is 1.84. The van der Waals surface area contributed by atoms with Crippen LogP contribution in [0, 0.1) is 5.82 Å². The third kappa shape index (κ3) is 14.9. The lowest BCUT2D eigenvalue weighted by Gasteiger charge is -2.21. The minimum absolute atomic E-state index is 0.0875. The van der Waals surface area contributed by atoms with Gasteiger partial charge < -0.3 is 14.2 Å². The molecule has 0 spiro atoms. The van der Waals surface area contributed by atoms with Crippen LogP contribution in [0.1, 0.15) is 137 Å². The highest BCUT2D eigenvalue weighted by atomic mass is 19.4. The Hall–Kier alpha value is -3.43. The molecule has 0 N–H and O–H groups in total. The minimum atomic E-state index is -4.79. The summed E-state index contributed by atoms with van der Waals surface area (Å²) in [6, 6.07) is 8.36. The fourth-order valence-corrected chi connectivity index (χ4v) is 4.73. The maximum absolute atomic E-state index is 14.7. The van der Waals surface area contributed by atoms with Crippen molar-refractivity contribution in [1.29, 1.82) is 0 Å². The molecule has 0 bridgehead atoms. The molecule has 10 heteroatoms. The molecular formula is C35H46F4O6. The van der Waals surface area contributed by atoms with Gasteiger partial charge in [0.25, 0.3) is 0 Å². The van der Waals surface area contributed by atoms with Gasteiger partial charge in [0.2, 0.25) is 0 Å². The average Bonchev–Trinajstić information content (AvgIpc) is 2.99. The van der Waals surface area contributed by atoms with Gasteiger partial charge in [-0.3, -0.25) is 4.79 Å². The highest BCUT2D eigenvalue weighted by Gasteiger charge is 2.42. The van der Waals surface area contributed by atoms with Crippen molar-refractivity contribution in [3.63, 3.8) is 0 Å². The van der Waals surface area contributed by atoms with Crippen molar-refractivity contribution in [2.24, 2.45) is 0 Å². The average molecular weight is 639 g/mol. The molecule has 0 fully saturated rings. The van der Waals surface area contributed by atoms with Gasteiger partial charge in [0.15, 0.2) is 6.10 Å². The van der Waals surface area contributed by atoms with Crippen LogP contribution in [0.3, 0.4) is 0 Å². The van der Waals surface area contributed by atoms with E-state index in [1.54, 1.807) is 0 Å². The number of unbranched alkanes of at least 4 members (excludes halogenated alkanes) is 12. The highest BCUT2D eigenvalue weighted by Crippen LogP contribution is 2.29. The lowest BCUT2D eigenvalue weighted by atomic mass is 10.1. The molecule has 2 rings (SSSR count). The lowest BCUT2D eigenvalue weighted by Crippen LogP contribution is -2.34. The van der Waals surface area contributed by atoms with E-state index in [1.165, 1.54) is 49.9 Å². The minimum Gasteiger partial charge on any atom is -0.449 e. The van der Waals surface area contributed by atoms with Gasteiger partial charge in [0.1, 0.15) is 17.3 Å². The van der Waals surface area contributed by atoms with Crippen molar-refractivity contribution in [2.75, 3.05) is 0 Å². The first kappa shape index (κ1) is 37.8. The van der Waals surface area contributed by atoms with Gasteiger partial charge in [-0.25, -0.2) is 14.0 Å². The van der Waals surface area contributed by atoms with Crippen LogP contribution in [0.25, 0.3) is 0 Å². The summed E-state index contributed by atoms with van der Waals surface area (Å²) in [5.41, 5.74) is -0.616. The number of carbonyl (C=O) groups excluding carboxylic acids is 3. The van der Waals surface area contributed by atoms with Crippen LogP contribution in [0.5, 0.6) is 11.5 Å². The zero-order chi connectivity index (χ0) is 33.1. The number of rotatable bonds is 21. The summed E-state index contributed by atoms with van der Waals surface area (Å²) in [5.74, 6) is -3.85. The number of ether oxygens (including phenoxy) is 3. The van der Waals surface area contributed by atoms with E-state index in [2.05, 4.69) is 11.7 Å². The van der Waals surface area contributed by atoms with Crippen molar-refractivity contribution < 1.29 is 46.2 Å². The predicted octanol–water partition coefficient (Wildman–Crippen LogP) is 10.3. The highest BCUT2D eigenvalue weighted by molar-refractivity contribution is 5.92. The summed E-state index contributed by atoms with van der Waals surface area (Å²) >= 11 is 0. The Morgan fingerprint density at radius 2 is 1.20 bits per heavy atom. The number of hydrogen-bond donors (Lipinski definition) is 0. The Morgan fingerprint density at radius 3 is 1.76 bits per heavy atom. The van der Waals surface area contributed by atoms with Gasteiger partial charge >= 0.3 is 24.1 Å². The fraction of sp³-hybridized carbons (Fsp3) is 0.571. The molecule has 250 valence electrons. The second-order valence-electron chi connectivity index (χ2n) is 11.2. The van der Waals surface area contributed by atoms with E-state index in [1.807, 2.05) is 6.92 Å². The summed E-state index contributed by atoms with van der Waals surface area (Å²) < 4.78 is 70.1. The molecule has 0 aromatic heterocycles. The van der Waals surface area contributed by atoms with E-state index in [-0.39, 0.29) is 29.5 Å². The summed E-state index contributed by atoms with van der Waals surface area (Å²) in [5, 5.41) is 0. The quantitative estimate of drug-likeness (QED) is 0.0586. The first-order chi connectivity index (χ1) is 21.5. The van der Waals surface area contributed by atoms with E-state index in [4.69, 9.17) is 9.47 Å². The van der Waals surface area contributed by atoms with Crippen LogP contribution < -0.4 is 9.47 Å². The normalized spacial score (nSPS) is 12.0. The molecule has 0 radical (unpaired) electrons. The zero-order valence-electron chi connectivity index (χ0n) is 26.4. The molecular weight excluding hydrogens is 592 g/mol. The first-order valence-electron chi connectivity index (χ1n) is 16.1. The molecule has 0 aliphatic carbocycles. The van der Waals surface area contributed by atoms with E-state index >= 15 is 0 Å². The number of hydrogen-bond acceptors (Lipinski definition) is 6.